The average Bonchev–Trinajstić information content (AvgIpc) is 2.91. The van der Waals surface area contributed by atoms with Crippen LogP contribution in [0.4, 0.5) is 5.69 Å². The fourth-order valence-corrected chi connectivity index (χ4v) is 1.85. The monoisotopic (exact) mass is 274 g/mol. The van der Waals surface area contributed by atoms with Crippen LogP contribution >= 0.6 is 0 Å². The second kappa shape index (κ2) is 6.12. The van der Waals surface area contributed by atoms with Gasteiger partial charge in [-0.05, 0) is 19.2 Å². The summed E-state index contributed by atoms with van der Waals surface area (Å²) in [6.07, 6.45) is 1.57. The van der Waals surface area contributed by atoms with E-state index in [0.29, 0.717) is 12.1 Å². The van der Waals surface area contributed by atoms with E-state index in [1.54, 1.807) is 30.3 Å². The fourth-order valence-electron chi connectivity index (χ4n) is 1.85. The molecule has 20 heavy (non-hydrogen) atoms. The van der Waals surface area contributed by atoms with Gasteiger partial charge in [0.05, 0.1) is 24.3 Å². The molecule has 0 saturated heterocycles. The summed E-state index contributed by atoms with van der Waals surface area (Å²) in [7, 11) is 1.79. The number of furan rings is 1. The summed E-state index contributed by atoms with van der Waals surface area (Å²) in [4.78, 5) is 24.0. The van der Waals surface area contributed by atoms with Gasteiger partial charge in [-0.25, -0.2) is 0 Å². The molecule has 0 unspecified atom stereocenters. The molecule has 0 bridgehead atoms. The quantitative estimate of drug-likeness (QED) is 0.459. The molecule has 1 aromatic carbocycles. The highest BCUT2D eigenvalue weighted by Gasteiger charge is 2.14. The minimum atomic E-state index is -0.511. The van der Waals surface area contributed by atoms with Crippen molar-refractivity contribution in [1.82, 2.24) is 4.90 Å². The highest BCUT2D eigenvalue weighted by Crippen LogP contribution is 2.14. The maximum atomic E-state index is 12.1. The van der Waals surface area contributed by atoms with E-state index in [9.17, 15) is 14.9 Å². The number of benzene rings is 1. The molecule has 0 radical (unpaired) electrons. The van der Waals surface area contributed by atoms with E-state index in [0.717, 1.165) is 5.76 Å². The third-order valence-corrected chi connectivity index (χ3v) is 2.80. The molecule has 0 aliphatic rings. The topological polar surface area (TPSA) is 76.6 Å². The molecule has 0 aliphatic carbocycles. The molecule has 2 aromatic rings. The van der Waals surface area contributed by atoms with Gasteiger partial charge in [-0.2, -0.15) is 0 Å². The number of hydrogen-bond donors (Lipinski definition) is 0. The molecule has 1 heterocycles. The molecule has 1 aromatic heterocycles. The van der Waals surface area contributed by atoms with Crippen LogP contribution in [0.15, 0.2) is 47.1 Å². The van der Waals surface area contributed by atoms with Gasteiger partial charge in [-0.3, -0.25) is 19.8 Å². The SMILES string of the molecule is CN(CC(=O)c1cccc([N+](=O)[O-])c1)Cc1ccco1. The number of nitro benzene ring substituents is 1. The number of carbonyl (C=O) groups excluding carboxylic acids is 1. The summed E-state index contributed by atoms with van der Waals surface area (Å²) in [6, 6.07) is 9.36. The summed E-state index contributed by atoms with van der Waals surface area (Å²) in [5, 5.41) is 10.7. The van der Waals surface area contributed by atoms with Crippen molar-refractivity contribution >= 4 is 11.5 Å². The Morgan fingerprint density at radius 2 is 2.15 bits per heavy atom. The van der Waals surface area contributed by atoms with Gasteiger partial charge in [-0.15, -0.1) is 0 Å². The van der Waals surface area contributed by atoms with Crippen molar-refractivity contribution in [2.75, 3.05) is 13.6 Å². The lowest BCUT2D eigenvalue weighted by Gasteiger charge is -2.13. The molecule has 0 amide bonds. The lowest BCUT2D eigenvalue weighted by Crippen LogP contribution is -2.25. The standard InChI is InChI=1S/C14H14N2O4/c1-15(9-13-6-3-7-20-13)10-14(17)11-4-2-5-12(8-11)16(18)19/h2-8H,9-10H2,1H3. The number of carbonyl (C=O) groups is 1. The van der Waals surface area contributed by atoms with Crippen molar-refractivity contribution in [3.8, 4) is 0 Å². The summed E-state index contributed by atoms with van der Waals surface area (Å²) in [5.41, 5.74) is 0.259. The average molecular weight is 274 g/mol. The molecular weight excluding hydrogens is 260 g/mol. The zero-order valence-electron chi connectivity index (χ0n) is 11.0. The minimum absolute atomic E-state index is 0.0791. The first-order chi connectivity index (χ1) is 9.56. The molecule has 0 aliphatic heterocycles. The number of nitrogens with zero attached hydrogens (tertiary/aromatic N) is 2. The Balaban J connectivity index is 2.00. The van der Waals surface area contributed by atoms with Gasteiger partial charge in [0.25, 0.3) is 5.69 Å². The number of hydrogen-bond acceptors (Lipinski definition) is 5. The van der Waals surface area contributed by atoms with Crippen molar-refractivity contribution in [2.24, 2.45) is 0 Å². The molecule has 0 saturated carbocycles. The minimum Gasteiger partial charge on any atom is -0.468 e. The molecule has 6 nitrogen and oxygen atoms in total. The van der Waals surface area contributed by atoms with Gasteiger partial charge in [0, 0.05) is 17.7 Å². The molecule has 0 fully saturated rings. The highest BCUT2D eigenvalue weighted by molar-refractivity contribution is 5.98. The van der Waals surface area contributed by atoms with Crippen LogP contribution in [0, 0.1) is 10.1 Å². The largest absolute Gasteiger partial charge is 0.468 e. The zero-order chi connectivity index (χ0) is 14.5. The normalized spacial score (nSPS) is 10.7. The van der Waals surface area contributed by atoms with E-state index >= 15 is 0 Å². The van der Waals surface area contributed by atoms with Crippen molar-refractivity contribution in [3.05, 3.63) is 64.1 Å². The first-order valence-corrected chi connectivity index (χ1v) is 6.05. The van der Waals surface area contributed by atoms with Crippen LogP contribution < -0.4 is 0 Å². The Labute approximate surface area is 115 Å². The molecule has 0 atom stereocenters. The van der Waals surface area contributed by atoms with Gasteiger partial charge >= 0.3 is 0 Å². The Kier molecular flexibility index (Phi) is 4.27. The Morgan fingerprint density at radius 1 is 1.35 bits per heavy atom. The lowest BCUT2D eigenvalue weighted by atomic mass is 10.1. The molecule has 2 rings (SSSR count). The van der Waals surface area contributed by atoms with Crippen molar-refractivity contribution in [1.29, 1.82) is 0 Å². The molecule has 0 N–H and O–H groups in total. The van der Waals surface area contributed by atoms with E-state index in [1.165, 1.54) is 18.2 Å². The molecule has 0 spiro atoms. The smallest absolute Gasteiger partial charge is 0.270 e. The van der Waals surface area contributed by atoms with Gasteiger partial charge in [-0.1, -0.05) is 12.1 Å². The van der Waals surface area contributed by atoms with E-state index in [4.69, 9.17) is 4.42 Å². The molecular formula is C14H14N2O4. The number of non-ortho nitro benzene ring substituents is 1. The van der Waals surface area contributed by atoms with Gasteiger partial charge < -0.3 is 4.42 Å². The summed E-state index contributed by atoms with van der Waals surface area (Å²) in [5.74, 6) is 0.599. The van der Waals surface area contributed by atoms with Crippen LogP contribution in [-0.4, -0.2) is 29.2 Å². The molecule has 6 heteroatoms. The van der Waals surface area contributed by atoms with Crippen LogP contribution in [-0.2, 0) is 6.54 Å². The van der Waals surface area contributed by atoms with Gasteiger partial charge in [0.15, 0.2) is 5.78 Å². The van der Waals surface area contributed by atoms with Crippen LogP contribution in [0.5, 0.6) is 0 Å². The van der Waals surface area contributed by atoms with E-state index in [-0.39, 0.29) is 18.0 Å². The fraction of sp³-hybridized carbons (Fsp3) is 0.214. The number of Topliss-reactive ketones (excluding diaryl/α,β-unsaturated/α-hetero) is 1. The Hall–Kier alpha value is -2.47. The maximum Gasteiger partial charge on any atom is 0.270 e. The number of likely N-dealkylation sites (N-methyl/N-ethyl adjacent to an activating group) is 1. The summed E-state index contributed by atoms with van der Waals surface area (Å²) < 4.78 is 5.20. The number of rotatable bonds is 6. The predicted molar refractivity (Wildman–Crippen MR) is 72.5 cm³/mol. The van der Waals surface area contributed by atoms with E-state index in [2.05, 4.69) is 0 Å². The van der Waals surface area contributed by atoms with Crippen molar-refractivity contribution in [3.63, 3.8) is 0 Å². The van der Waals surface area contributed by atoms with E-state index < -0.39 is 4.92 Å². The van der Waals surface area contributed by atoms with Gasteiger partial charge in [0.2, 0.25) is 0 Å². The Morgan fingerprint density at radius 3 is 2.80 bits per heavy atom. The Bertz CT molecular complexity index is 607. The van der Waals surface area contributed by atoms with Crippen molar-refractivity contribution < 1.29 is 14.1 Å². The first kappa shape index (κ1) is 14.0. The van der Waals surface area contributed by atoms with Crippen LogP contribution in [0.25, 0.3) is 0 Å². The first-order valence-electron chi connectivity index (χ1n) is 6.05. The second-order valence-corrected chi connectivity index (χ2v) is 4.48. The number of ketones is 1. The summed E-state index contributed by atoms with van der Waals surface area (Å²) >= 11 is 0. The van der Waals surface area contributed by atoms with Gasteiger partial charge in [0.1, 0.15) is 5.76 Å². The maximum absolute atomic E-state index is 12.1. The highest BCUT2D eigenvalue weighted by atomic mass is 16.6. The van der Waals surface area contributed by atoms with Crippen molar-refractivity contribution in [2.45, 2.75) is 6.54 Å². The van der Waals surface area contributed by atoms with Crippen LogP contribution in [0.1, 0.15) is 16.1 Å². The lowest BCUT2D eigenvalue weighted by molar-refractivity contribution is -0.384. The third-order valence-electron chi connectivity index (χ3n) is 2.80. The van der Waals surface area contributed by atoms with E-state index in [1.807, 2.05) is 6.07 Å². The number of nitro groups is 1. The predicted octanol–water partition coefficient (Wildman–Crippen LogP) is 2.50. The second-order valence-electron chi connectivity index (χ2n) is 4.48. The third kappa shape index (κ3) is 3.52. The molecule has 104 valence electrons. The van der Waals surface area contributed by atoms with Crippen LogP contribution in [0.3, 0.4) is 0 Å². The van der Waals surface area contributed by atoms with Crippen LogP contribution in [0.2, 0.25) is 0 Å². The zero-order valence-corrected chi connectivity index (χ0v) is 11.0. The summed E-state index contributed by atoms with van der Waals surface area (Å²) in [6.45, 7) is 0.676.